The van der Waals surface area contributed by atoms with Crippen molar-refractivity contribution in [3.05, 3.63) is 396 Å². The third kappa shape index (κ3) is 13.3. The maximum Gasteiger partial charge on any atom is 0.160 e. The molecule has 0 N–H and O–H groups in total. The van der Waals surface area contributed by atoms with Crippen LogP contribution >= 0.6 is 0 Å². The van der Waals surface area contributed by atoms with Crippen molar-refractivity contribution in [3.63, 3.8) is 0 Å². The number of benzene rings is 16. The van der Waals surface area contributed by atoms with Crippen molar-refractivity contribution in [1.29, 1.82) is 10.5 Å². The number of hydrogen-bond donors (Lipinski definition) is 0. The highest BCUT2D eigenvalue weighted by atomic mass is 15.1. The number of para-hydroxylation sites is 5. The summed E-state index contributed by atoms with van der Waals surface area (Å²) in [5.41, 5.74) is 30.7. The molecule has 0 aliphatic carbocycles. The van der Waals surface area contributed by atoms with E-state index in [0.717, 1.165) is 189 Å². The Morgan fingerprint density at radius 2 is 0.574 bits per heavy atom. The molecule has 0 saturated heterocycles. The molecule has 136 heavy (non-hydrogen) atoms. The lowest BCUT2D eigenvalue weighted by Gasteiger charge is -2.26. The molecule has 0 spiro atoms. The minimum atomic E-state index is -0.398. The highest BCUT2D eigenvalue weighted by Gasteiger charge is 2.32. The van der Waals surface area contributed by atoms with Crippen LogP contribution in [0.1, 0.15) is 127 Å². The number of aromatic nitrogens is 10. The van der Waals surface area contributed by atoms with Crippen molar-refractivity contribution in [2.24, 2.45) is 0 Å². The number of aryl methyl sites for hydroxylation is 2. The summed E-state index contributed by atoms with van der Waals surface area (Å²) in [4.78, 5) is 20.5. The molecule has 24 rings (SSSR count). The largest absolute Gasteiger partial charge is 0.309 e. The van der Waals surface area contributed by atoms with Gasteiger partial charge in [-0.25, -0.2) is 19.9 Å². The van der Waals surface area contributed by atoms with E-state index in [1.54, 1.807) is 0 Å². The topological polar surface area (TPSA) is 129 Å². The molecule has 24 aromatic rings. The Morgan fingerprint density at radius 3 is 0.993 bits per heavy atom. The van der Waals surface area contributed by atoms with Crippen LogP contribution in [0.15, 0.2) is 346 Å². The van der Waals surface area contributed by atoms with Gasteiger partial charge in [-0.2, -0.15) is 10.5 Å². The summed E-state index contributed by atoms with van der Waals surface area (Å²) in [6.45, 7) is 29.3. The average molecular weight is 1760 g/mol. The zero-order valence-corrected chi connectivity index (χ0v) is 78.5. The molecule has 0 atom stereocenters. The van der Waals surface area contributed by atoms with E-state index in [-0.39, 0.29) is 16.2 Å². The van der Waals surface area contributed by atoms with Gasteiger partial charge in [0, 0.05) is 104 Å². The van der Waals surface area contributed by atoms with Crippen molar-refractivity contribution < 1.29 is 0 Å². The summed E-state index contributed by atoms with van der Waals surface area (Å²) < 4.78 is 14.5. The van der Waals surface area contributed by atoms with Crippen molar-refractivity contribution in [1.82, 2.24) is 47.3 Å². The Kier molecular flexibility index (Phi) is 18.7. The molecule has 12 nitrogen and oxygen atoms in total. The van der Waals surface area contributed by atoms with Gasteiger partial charge < -0.3 is 27.4 Å². The second-order valence-corrected chi connectivity index (χ2v) is 40.7. The molecule has 0 radical (unpaired) electrons. The molecule has 12 heteroatoms. The summed E-state index contributed by atoms with van der Waals surface area (Å²) in [7, 11) is 0. The lowest BCUT2D eigenvalue weighted by atomic mass is 9.78. The first kappa shape index (κ1) is 82.6. The van der Waals surface area contributed by atoms with Crippen molar-refractivity contribution in [2.75, 3.05) is 0 Å². The summed E-state index contributed by atoms with van der Waals surface area (Å²) >= 11 is 0. The number of fused-ring (bicyclic) bond motifs is 18. The van der Waals surface area contributed by atoms with Crippen LogP contribution in [-0.4, -0.2) is 47.3 Å². The first-order chi connectivity index (χ1) is 65.8. The van der Waals surface area contributed by atoms with Crippen molar-refractivity contribution in [2.45, 2.75) is 118 Å². The fourth-order valence-electron chi connectivity index (χ4n) is 21.7. The predicted molar refractivity (Wildman–Crippen MR) is 564 cm³/mol. The molecule has 8 heterocycles. The number of nitriles is 2. The zero-order valence-electron chi connectivity index (χ0n) is 78.5. The number of rotatable bonds is 13. The van der Waals surface area contributed by atoms with Crippen LogP contribution in [0.4, 0.5) is 0 Å². The van der Waals surface area contributed by atoms with Gasteiger partial charge in [-0.3, -0.25) is 0 Å². The fraction of sp³-hybridized carbons (Fsp3) is 0.145. The molecule has 0 unspecified atom stereocenters. The standard InChI is InChI=1S/C124H98N12/c1-74-58-102(128-75(2)127-74)94-68-119(136-108-43-29-23-37-90(108)93-51-49-85(66-115(93)136)131-104-39-25-20-34-87(104)88-35-21-26-40-105(88)131)117(61-79(94)72-125)135-107-42-28-22-36-89(107)92-52-50-86(67-114(92)135)132-106-41-27-24-38-91(106)96-59-76(44-53-109(96)132)71-124(12,13)84-48-57-113-100(65-84)99-64-83(123(9,10)11)47-56-112(99)134(113)118-69-95(103-70-101(77-30-16-14-17-31-77)129-120(130-103)78-32-18-15-19-33-78)80(73-126)60-116(118)133-110-54-45-81(121(3,4)5)62-97(110)98-63-82(122(6,7)8)46-55-111(98)133/h14-70H,71H2,1-13H3. The molecule has 654 valence electrons. The molecular weight excluding hydrogens is 1660 g/mol. The summed E-state index contributed by atoms with van der Waals surface area (Å²) in [5, 5.41) is 37.3. The molecular formula is C124H98N12. The Morgan fingerprint density at radius 1 is 0.250 bits per heavy atom. The van der Waals surface area contributed by atoms with Gasteiger partial charge >= 0.3 is 0 Å². The maximum absolute atomic E-state index is 11.9. The van der Waals surface area contributed by atoms with E-state index in [4.69, 9.17) is 19.9 Å². The van der Waals surface area contributed by atoms with Gasteiger partial charge in [0.05, 0.1) is 129 Å². The monoisotopic (exact) mass is 1750 g/mol. The van der Waals surface area contributed by atoms with Crippen LogP contribution in [-0.2, 0) is 28.1 Å². The average Bonchev–Trinajstić information content (AvgIpc) is 1.55. The highest BCUT2D eigenvalue weighted by Crippen LogP contribution is 2.49. The molecule has 0 fully saturated rings. The normalized spacial score (nSPS) is 12.5. The van der Waals surface area contributed by atoms with E-state index < -0.39 is 5.41 Å². The van der Waals surface area contributed by atoms with Crippen LogP contribution in [0.5, 0.6) is 0 Å². The smallest absolute Gasteiger partial charge is 0.160 e. The van der Waals surface area contributed by atoms with Crippen LogP contribution in [0.3, 0.4) is 0 Å². The van der Waals surface area contributed by atoms with Gasteiger partial charge in [0.1, 0.15) is 5.82 Å². The first-order valence-electron chi connectivity index (χ1n) is 47.1. The number of hydrogen-bond acceptors (Lipinski definition) is 6. The van der Waals surface area contributed by atoms with Crippen LogP contribution in [0.25, 0.3) is 210 Å². The lowest BCUT2D eigenvalue weighted by molar-refractivity contribution is 0.523. The third-order valence-electron chi connectivity index (χ3n) is 28.5. The van der Waals surface area contributed by atoms with Crippen molar-refractivity contribution in [3.8, 4) is 91.4 Å². The van der Waals surface area contributed by atoms with Gasteiger partial charge in [0.2, 0.25) is 0 Å². The predicted octanol–water partition coefficient (Wildman–Crippen LogP) is 31.3. The second kappa shape index (κ2) is 30.8. The summed E-state index contributed by atoms with van der Waals surface area (Å²) in [5.74, 6) is 1.20. The fourth-order valence-corrected chi connectivity index (χ4v) is 21.7. The first-order valence-corrected chi connectivity index (χ1v) is 47.1. The Labute approximate surface area is 789 Å². The summed E-state index contributed by atoms with van der Waals surface area (Å²) in [6.07, 6.45) is 0.737. The Bertz CT molecular complexity index is 9080. The molecule has 8 aromatic heterocycles. The van der Waals surface area contributed by atoms with Gasteiger partial charge in [-0.05, 0) is 221 Å². The van der Waals surface area contributed by atoms with Gasteiger partial charge in [-0.1, -0.05) is 270 Å². The lowest BCUT2D eigenvalue weighted by Crippen LogP contribution is -2.20. The Hall–Kier alpha value is -16.5. The molecule has 0 saturated carbocycles. The molecule has 0 bridgehead atoms. The van der Waals surface area contributed by atoms with E-state index in [1.807, 2.05) is 56.3 Å². The second-order valence-electron chi connectivity index (χ2n) is 40.7. The minimum Gasteiger partial charge on any atom is -0.309 e. The van der Waals surface area contributed by atoms with E-state index in [9.17, 15) is 10.5 Å². The summed E-state index contributed by atoms with van der Waals surface area (Å²) in [6, 6.07) is 131. The van der Waals surface area contributed by atoms with Crippen LogP contribution < -0.4 is 0 Å². The molecule has 0 aliphatic heterocycles. The van der Waals surface area contributed by atoms with E-state index >= 15 is 0 Å². The van der Waals surface area contributed by atoms with Crippen LogP contribution in [0.2, 0.25) is 0 Å². The van der Waals surface area contributed by atoms with E-state index in [2.05, 4.69) is 419 Å². The van der Waals surface area contributed by atoms with E-state index in [0.29, 0.717) is 39.7 Å². The maximum atomic E-state index is 11.9. The van der Waals surface area contributed by atoms with E-state index in [1.165, 1.54) is 38.6 Å². The SMILES string of the molecule is Cc1cc(-c2cc(-n3c4ccccc4c4ccc(-n5c6ccccc6c6ccccc65)cc43)c(-n3c4ccccc4c4ccc(-n5c6ccccc6c6cc(CC(C)(C)c7ccc8c(c7)c7cc(C(C)(C)C)ccc7n8-c7cc(-c8cc(-c9ccccc9)nc(-c9ccccc9)n8)c(C#N)cc7-n7c8ccc(C(C)(C)C)cc8c8cc(C(C)(C)C)ccc87)ccc65)cc43)cc2C#N)nc(C)n1. The number of nitrogens with zero attached hydrogens (tertiary/aromatic N) is 12. The molecule has 0 aliphatic rings. The Balaban J connectivity index is 0.670. The quantitative estimate of drug-likeness (QED) is 0.113. The van der Waals surface area contributed by atoms with Gasteiger partial charge in [0.25, 0.3) is 0 Å². The molecule has 16 aromatic carbocycles. The highest BCUT2D eigenvalue weighted by molar-refractivity contribution is 6.17. The third-order valence-corrected chi connectivity index (χ3v) is 28.5. The minimum absolute atomic E-state index is 0.125. The molecule has 0 amide bonds. The van der Waals surface area contributed by atoms with Gasteiger partial charge in [0.15, 0.2) is 5.82 Å². The zero-order chi connectivity index (χ0) is 92.9. The van der Waals surface area contributed by atoms with Crippen molar-refractivity contribution >= 4 is 131 Å². The van der Waals surface area contributed by atoms with Gasteiger partial charge in [-0.15, -0.1) is 0 Å². The van der Waals surface area contributed by atoms with Crippen LogP contribution in [0, 0.1) is 36.5 Å².